The lowest BCUT2D eigenvalue weighted by atomic mass is 9.93. The standard InChI is InChI=1S/C23H36Cl3NO8/c1-11-12(32-17(28)20(2,3)4)13(33-18(29)21(5,6)7)14(34-19(30)22(8,9)10)15(31-11)35-16(27)23(24,25)26/h11-15,27H,1-10H3/t11-,12-,13+,14+,15-/m0/s1. The maximum Gasteiger partial charge on any atom is 0.311 e. The van der Waals surface area contributed by atoms with Gasteiger partial charge in [0.2, 0.25) is 18.3 Å². The zero-order chi connectivity index (χ0) is 27.7. The van der Waals surface area contributed by atoms with Gasteiger partial charge in [-0.25, -0.2) is 0 Å². The Balaban J connectivity index is 3.56. The summed E-state index contributed by atoms with van der Waals surface area (Å²) in [6.45, 7) is 16.3. The fraction of sp³-hybridized carbons (Fsp3) is 0.826. The second-order valence-corrected chi connectivity index (χ2v) is 13.8. The van der Waals surface area contributed by atoms with E-state index in [9.17, 15) is 14.4 Å². The molecule has 0 saturated carbocycles. The van der Waals surface area contributed by atoms with Gasteiger partial charge in [0, 0.05) is 0 Å². The predicted molar refractivity (Wildman–Crippen MR) is 131 cm³/mol. The molecule has 0 aromatic heterocycles. The average Bonchev–Trinajstić information content (AvgIpc) is 2.63. The van der Waals surface area contributed by atoms with Gasteiger partial charge in [-0.3, -0.25) is 19.8 Å². The molecule has 0 amide bonds. The van der Waals surface area contributed by atoms with E-state index >= 15 is 0 Å². The number of hydrogen-bond donors (Lipinski definition) is 1. The van der Waals surface area contributed by atoms with Crippen molar-refractivity contribution in [2.75, 3.05) is 0 Å². The molecule has 202 valence electrons. The zero-order valence-corrected chi connectivity index (χ0v) is 24.1. The van der Waals surface area contributed by atoms with E-state index in [0.29, 0.717) is 0 Å². The van der Waals surface area contributed by atoms with E-state index in [4.69, 9.17) is 63.9 Å². The van der Waals surface area contributed by atoms with Crippen LogP contribution < -0.4 is 0 Å². The van der Waals surface area contributed by atoms with Gasteiger partial charge in [0.1, 0.15) is 0 Å². The van der Waals surface area contributed by atoms with E-state index < -0.39 is 74.5 Å². The van der Waals surface area contributed by atoms with Gasteiger partial charge >= 0.3 is 17.9 Å². The Kier molecular flexibility index (Phi) is 9.96. The molecule has 0 aromatic rings. The van der Waals surface area contributed by atoms with E-state index in [2.05, 4.69) is 0 Å². The Hall–Kier alpha value is -1.29. The summed E-state index contributed by atoms with van der Waals surface area (Å²) >= 11 is 17.3. The molecule has 0 radical (unpaired) electrons. The highest BCUT2D eigenvalue weighted by atomic mass is 35.6. The fourth-order valence-electron chi connectivity index (χ4n) is 2.57. The highest BCUT2D eigenvalue weighted by Gasteiger charge is 2.54. The van der Waals surface area contributed by atoms with Crippen LogP contribution in [0.15, 0.2) is 0 Å². The largest absolute Gasteiger partial charge is 0.455 e. The SMILES string of the molecule is C[C@@H]1O[C@@H](OC(=N)C(Cl)(Cl)Cl)[C@H](OC(=O)C(C)(C)C)[C@H](OC(=O)C(C)(C)C)[C@H]1OC(=O)C(C)(C)C. The van der Waals surface area contributed by atoms with Crippen molar-refractivity contribution in [3.05, 3.63) is 0 Å². The summed E-state index contributed by atoms with van der Waals surface area (Å²) in [5.74, 6) is -2.74. The molecule has 1 rings (SSSR count). The van der Waals surface area contributed by atoms with E-state index in [1.54, 1.807) is 69.2 Å². The van der Waals surface area contributed by atoms with Crippen LogP contribution in [0.2, 0.25) is 0 Å². The third-order valence-corrected chi connectivity index (χ3v) is 5.30. The number of rotatable bonds is 4. The van der Waals surface area contributed by atoms with Crippen LogP contribution in [0.25, 0.3) is 0 Å². The Morgan fingerprint density at radius 3 is 1.34 bits per heavy atom. The molecular formula is C23H36Cl3NO8. The Bertz CT molecular complexity index is 821. The first kappa shape index (κ1) is 31.7. The molecule has 5 atom stereocenters. The molecule has 1 fully saturated rings. The van der Waals surface area contributed by atoms with E-state index in [0.717, 1.165) is 0 Å². The number of carbonyl (C=O) groups is 3. The van der Waals surface area contributed by atoms with Crippen molar-refractivity contribution < 1.29 is 38.1 Å². The summed E-state index contributed by atoms with van der Waals surface area (Å²) in [7, 11) is 0. The van der Waals surface area contributed by atoms with Gasteiger partial charge in [0.15, 0.2) is 12.2 Å². The van der Waals surface area contributed by atoms with Crippen LogP contribution in [0.1, 0.15) is 69.2 Å². The first-order chi connectivity index (χ1) is 15.5. The van der Waals surface area contributed by atoms with Crippen molar-refractivity contribution in [2.24, 2.45) is 16.2 Å². The second kappa shape index (κ2) is 11.0. The summed E-state index contributed by atoms with van der Waals surface area (Å²) in [5, 5.41) is 7.96. The molecule has 0 bridgehead atoms. The highest BCUT2D eigenvalue weighted by Crippen LogP contribution is 2.36. The lowest BCUT2D eigenvalue weighted by molar-refractivity contribution is -0.289. The molecule has 35 heavy (non-hydrogen) atoms. The van der Waals surface area contributed by atoms with Crippen molar-refractivity contribution in [1.82, 2.24) is 0 Å². The molecule has 1 aliphatic heterocycles. The highest BCUT2D eigenvalue weighted by molar-refractivity contribution is 6.76. The monoisotopic (exact) mass is 559 g/mol. The molecule has 1 N–H and O–H groups in total. The maximum atomic E-state index is 12.9. The summed E-state index contributed by atoms with van der Waals surface area (Å²) in [5.41, 5.74) is -2.80. The number of alkyl halides is 3. The predicted octanol–water partition coefficient (Wildman–Crippen LogP) is 4.97. The van der Waals surface area contributed by atoms with E-state index in [1.165, 1.54) is 0 Å². The summed E-state index contributed by atoms with van der Waals surface area (Å²) < 4.78 is 26.1. The zero-order valence-electron chi connectivity index (χ0n) is 21.8. The lowest BCUT2D eigenvalue weighted by Gasteiger charge is -2.45. The molecule has 1 saturated heterocycles. The quantitative estimate of drug-likeness (QED) is 0.168. The van der Waals surface area contributed by atoms with Gasteiger partial charge in [-0.15, -0.1) is 0 Å². The van der Waals surface area contributed by atoms with Crippen molar-refractivity contribution >= 4 is 58.6 Å². The van der Waals surface area contributed by atoms with Crippen LogP contribution in [-0.2, 0) is 38.1 Å². The summed E-state index contributed by atoms with van der Waals surface area (Å²) in [6, 6.07) is 0. The number of ether oxygens (including phenoxy) is 5. The fourth-order valence-corrected chi connectivity index (χ4v) is 2.71. The molecule has 1 heterocycles. The molecular weight excluding hydrogens is 525 g/mol. The van der Waals surface area contributed by atoms with Crippen LogP contribution in [0.5, 0.6) is 0 Å². The maximum absolute atomic E-state index is 12.9. The molecule has 1 aliphatic rings. The van der Waals surface area contributed by atoms with Crippen molar-refractivity contribution in [3.63, 3.8) is 0 Å². The normalized spacial score (nSPS) is 25.9. The summed E-state index contributed by atoms with van der Waals surface area (Å²) in [4.78, 5) is 38.5. The first-order valence-electron chi connectivity index (χ1n) is 11.1. The minimum absolute atomic E-state index is 0.593. The summed E-state index contributed by atoms with van der Waals surface area (Å²) in [6.07, 6.45) is -6.42. The number of hydrogen-bond acceptors (Lipinski definition) is 9. The van der Waals surface area contributed by atoms with E-state index in [-0.39, 0.29) is 0 Å². The molecule has 0 aliphatic carbocycles. The molecule has 0 unspecified atom stereocenters. The van der Waals surface area contributed by atoms with Crippen LogP contribution in [-0.4, -0.2) is 58.3 Å². The first-order valence-corrected chi connectivity index (χ1v) is 12.2. The Morgan fingerprint density at radius 2 is 1.00 bits per heavy atom. The van der Waals surface area contributed by atoms with Crippen LogP contribution in [0.3, 0.4) is 0 Å². The van der Waals surface area contributed by atoms with Crippen molar-refractivity contribution in [3.8, 4) is 0 Å². The third-order valence-electron chi connectivity index (χ3n) is 4.79. The smallest absolute Gasteiger partial charge is 0.311 e. The molecule has 0 aromatic carbocycles. The van der Waals surface area contributed by atoms with Gasteiger partial charge in [0.05, 0.1) is 22.3 Å². The number of esters is 3. The third kappa shape index (κ3) is 8.95. The van der Waals surface area contributed by atoms with Gasteiger partial charge in [-0.05, 0) is 69.2 Å². The minimum Gasteiger partial charge on any atom is -0.455 e. The number of halogens is 3. The van der Waals surface area contributed by atoms with Crippen LogP contribution in [0, 0.1) is 21.7 Å². The topological polar surface area (TPSA) is 121 Å². The van der Waals surface area contributed by atoms with Crippen molar-refractivity contribution in [1.29, 1.82) is 5.41 Å². The molecule has 9 nitrogen and oxygen atoms in total. The van der Waals surface area contributed by atoms with Gasteiger partial charge in [-0.2, -0.15) is 0 Å². The van der Waals surface area contributed by atoms with Crippen LogP contribution >= 0.6 is 34.8 Å². The van der Waals surface area contributed by atoms with Crippen molar-refractivity contribution in [2.45, 2.75) is 104 Å². The number of carbonyl (C=O) groups excluding carboxylic acids is 3. The van der Waals surface area contributed by atoms with E-state index in [1.807, 2.05) is 0 Å². The second-order valence-electron chi connectivity index (χ2n) is 11.5. The molecule has 0 spiro atoms. The average molecular weight is 561 g/mol. The minimum atomic E-state index is -2.24. The number of nitrogens with one attached hydrogen (secondary N) is 1. The lowest BCUT2D eigenvalue weighted by Crippen LogP contribution is -2.63. The van der Waals surface area contributed by atoms with Gasteiger partial charge in [-0.1, -0.05) is 34.8 Å². The van der Waals surface area contributed by atoms with Gasteiger partial charge < -0.3 is 23.7 Å². The van der Waals surface area contributed by atoms with Crippen LogP contribution in [0.4, 0.5) is 0 Å². The Morgan fingerprint density at radius 1 is 0.657 bits per heavy atom. The Labute approximate surface area is 221 Å². The van der Waals surface area contributed by atoms with Gasteiger partial charge in [0.25, 0.3) is 3.79 Å². The molecule has 12 heteroatoms.